The summed E-state index contributed by atoms with van der Waals surface area (Å²) in [6.07, 6.45) is 1.81. The van der Waals surface area contributed by atoms with Gasteiger partial charge in [0.25, 0.3) is 0 Å². The molecule has 90 valence electrons. The van der Waals surface area contributed by atoms with E-state index >= 15 is 0 Å². The summed E-state index contributed by atoms with van der Waals surface area (Å²) in [5, 5.41) is 1.13. The monoisotopic (exact) mass is 238 g/mol. The molecule has 0 saturated carbocycles. The lowest BCUT2D eigenvalue weighted by molar-refractivity contribution is 0.415. The first-order valence-electron chi connectivity index (χ1n) is 5.86. The molecule has 0 atom stereocenters. The van der Waals surface area contributed by atoms with Crippen LogP contribution >= 0.6 is 0 Å². The number of aryl methyl sites for hydroxylation is 1. The third kappa shape index (κ3) is 1.74. The van der Waals surface area contributed by atoms with Crippen LogP contribution in [0, 0.1) is 6.92 Å². The zero-order valence-electron chi connectivity index (χ0n) is 10.4. The van der Waals surface area contributed by atoms with E-state index in [2.05, 4.69) is 29.0 Å². The zero-order valence-corrected chi connectivity index (χ0v) is 10.4. The van der Waals surface area contributed by atoms with Crippen LogP contribution in [0.1, 0.15) is 5.56 Å². The molecule has 2 heterocycles. The Balaban J connectivity index is 2.17. The number of pyridine rings is 1. The molecule has 0 aliphatic heterocycles. The van der Waals surface area contributed by atoms with Gasteiger partial charge in [-0.15, -0.1) is 0 Å². The summed E-state index contributed by atoms with van der Waals surface area (Å²) in [6, 6.07) is 12.1. The summed E-state index contributed by atoms with van der Waals surface area (Å²) in [5.74, 6) is 0.866. The maximum atomic E-state index is 5.23. The van der Waals surface area contributed by atoms with Crippen LogP contribution in [0.5, 0.6) is 5.75 Å². The smallest absolute Gasteiger partial charge is 0.119 e. The Morgan fingerprint density at radius 1 is 1.17 bits per heavy atom. The molecule has 0 saturated heterocycles. The number of rotatable bonds is 2. The van der Waals surface area contributed by atoms with E-state index in [0.717, 1.165) is 33.6 Å². The van der Waals surface area contributed by atoms with Crippen molar-refractivity contribution in [1.29, 1.82) is 0 Å². The molecule has 0 bridgehead atoms. The van der Waals surface area contributed by atoms with Crippen molar-refractivity contribution in [1.82, 2.24) is 9.97 Å². The van der Waals surface area contributed by atoms with E-state index in [9.17, 15) is 0 Å². The van der Waals surface area contributed by atoms with Crippen molar-refractivity contribution in [2.24, 2.45) is 0 Å². The molecule has 3 nitrogen and oxygen atoms in total. The van der Waals surface area contributed by atoms with Crippen LogP contribution in [-0.4, -0.2) is 17.1 Å². The molecule has 18 heavy (non-hydrogen) atoms. The first kappa shape index (κ1) is 10.8. The third-order valence-corrected chi connectivity index (χ3v) is 3.09. The van der Waals surface area contributed by atoms with Crippen molar-refractivity contribution < 1.29 is 4.74 Å². The SMILES string of the molecule is COc1ccc2[nH]c(-c3ncccc3C)cc2c1. The number of aromatic nitrogens is 2. The number of methoxy groups -OCH3 is 1. The molecular weight excluding hydrogens is 224 g/mol. The lowest BCUT2D eigenvalue weighted by Gasteiger charge is -2.00. The molecule has 1 aromatic carbocycles. The Morgan fingerprint density at radius 3 is 2.83 bits per heavy atom. The maximum Gasteiger partial charge on any atom is 0.119 e. The first-order chi connectivity index (χ1) is 8.78. The van der Waals surface area contributed by atoms with E-state index in [-0.39, 0.29) is 0 Å². The lowest BCUT2D eigenvalue weighted by atomic mass is 10.1. The molecule has 1 N–H and O–H groups in total. The van der Waals surface area contributed by atoms with Crippen molar-refractivity contribution in [2.45, 2.75) is 6.92 Å². The van der Waals surface area contributed by atoms with E-state index in [1.165, 1.54) is 0 Å². The van der Waals surface area contributed by atoms with Crippen LogP contribution in [0.4, 0.5) is 0 Å². The summed E-state index contributed by atoms with van der Waals surface area (Å²) < 4.78 is 5.23. The highest BCUT2D eigenvalue weighted by Crippen LogP contribution is 2.27. The minimum absolute atomic E-state index is 0.866. The van der Waals surface area contributed by atoms with Gasteiger partial charge in [-0.1, -0.05) is 6.07 Å². The minimum Gasteiger partial charge on any atom is -0.497 e. The van der Waals surface area contributed by atoms with Crippen LogP contribution in [0.2, 0.25) is 0 Å². The van der Waals surface area contributed by atoms with Gasteiger partial charge in [0.15, 0.2) is 0 Å². The van der Waals surface area contributed by atoms with Crippen LogP contribution < -0.4 is 4.74 Å². The largest absolute Gasteiger partial charge is 0.497 e. The molecule has 0 aliphatic rings. The Bertz CT molecular complexity index is 701. The van der Waals surface area contributed by atoms with Gasteiger partial charge in [0.2, 0.25) is 0 Å². The molecule has 0 radical (unpaired) electrons. The first-order valence-corrected chi connectivity index (χ1v) is 5.86. The average molecular weight is 238 g/mol. The number of H-pyrrole nitrogens is 1. The number of nitrogens with one attached hydrogen (secondary N) is 1. The summed E-state index contributed by atoms with van der Waals surface area (Å²) in [7, 11) is 1.68. The van der Waals surface area contributed by atoms with Crippen LogP contribution in [0.15, 0.2) is 42.6 Å². The second-order valence-electron chi connectivity index (χ2n) is 4.31. The Hall–Kier alpha value is -2.29. The fourth-order valence-corrected chi connectivity index (χ4v) is 2.13. The number of aromatic amines is 1. The molecule has 2 aromatic heterocycles. The van der Waals surface area contributed by atoms with Gasteiger partial charge in [0.05, 0.1) is 18.5 Å². The van der Waals surface area contributed by atoms with Gasteiger partial charge in [-0.3, -0.25) is 4.98 Å². The maximum absolute atomic E-state index is 5.23. The van der Waals surface area contributed by atoms with Crippen molar-refractivity contribution in [2.75, 3.05) is 7.11 Å². The van der Waals surface area contributed by atoms with Gasteiger partial charge < -0.3 is 9.72 Å². The molecule has 0 amide bonds. The van der Waals surface area contributed by atoms with E-state index in [1.807, 2.05) is 30.5 Å². The lowest BCUT2D eigenvalue weighted by Crippen LogP contribution is -1.86. The van der Waals surface area contributed by atoms with Gasteiger partial charge in [-0.05, 0) is 42.8 Å². The molecule has 3 heteroatoms. The fraction of sp³-hybridized carbons (Fsp3) is 0.133. The van der Waals surface area contributed by atoms with Gasteiger partial charge >= 0.3 is 0 Å². The third-order valence-electron chi connectivity index (χ3n) is 3.09. The normalized spacial score (nSPS) is 10.8. The van der Waals surface area contributed by atoms with Gasteiger partial charge in [0.1, 0.15) is 5.75 Å². The molecule has 0 aliphatic carbocycles. The zero-order chi connectivity index (χ0) is 12.5. The molecule has 0 unspecified atom stereocenters. The van der Waals surface area contributed by atoms with Gasteiger partial charge in [-0.2, -0.15) is 0 Å². The van der Waals surface area contributed by atoms with Crippen LogP contribution in [-0.2, 0) is 0 Å². The van der Waals surface area contributed by atoms with E-state index in [4.69, 9.17) is 4.74 Å². The van der Waals surface area contributed by atoms with Gasteiger partial charge in [-0.25, -0.2) is 0 Å². The van der Waals surface area contributed by atoms with E-state index in [0.29, 0.717) is 0 Å². The fourth-order valence-electron chi connectivity index (χ4n) is 2.13. The number of hydrogen-bond acceptors (Lipinski definition) is 2. The van der Waals surface area contributed by atoms with Crippen molar-refractivity contribution in [3.8, 4) is 17.1 Å². The number of nitrogens with zero attached hydrogens (tertiary/aromatic N) is 1. The summed E-state index contributed by atoms with van der Waals surface area (Å²) in [4.78, 5) is 7.81. The van der Waals surface area contributed by atoms with Crippen LogP contribution in [0.3, 0.4) is 0 Å². The highest BCUT2D eigenvalue weighted by molar-refractivity contribution is 5.86. The second kappa shape index (κ2) is 4.18. The number of ether oxygens (including phenoxy) is 1. The molecule has 0 spiro atoms. The minimum atomic E-state index is 0.866. The average Bonchev–Trinajstić information content (AvgIpc) is 2.81. The van der Waals surface area contributed by atoms with E-state index in [1.54, 1.807) is 7.11 Å². The molecule has 3 aromatic rings. The molecular formula is C15H14N2O. The Morgan fingerprint density at radius 2 is 2.06 bits per heavy atom. The number of benzene rings is 1. The Labute approximate surface area is 105 Å². The quantitative estimate of drug-likeness (QED) is 0.741. The van der Waals surface area contributed by atoms with Crippen LogP contribution in [0.25, 0.3) is 22.3 Å². The predicted octanol–water partition coefficient (Wildman–Crippen LogP) is 3.55. The topological polar surface area (TPSA) is 37.9 Å². The van der Waals surface area contributed by atoms with E-state index < -0.39 is 0 Å². The highest BCUT2D eigenvalue weighted by atomic mass is 16.5. The summed E-state index contributed by atoms with van der Waals surface area (Å²) in [5.41, 5.74) is 4.29. The van der Waals surface area contributed by atoms with Crippen molar-refractivity contribution in [3.05, 3.63) is 48.2 Å². The number of fused-ring (bicyclic) bond motifs is 1. The molecule has 3 rings (SSSR count). The highest BCUT2D eigenvalue weighted by Gasteiger charge is 2.07. The van der Waals surface area contributed by atoms with Gasteiger partial charge in [0, 0.05) is 17.1 Å². The standard InChI is InChI=1S/C15H14N2O/c1-10-4-3-7-16-15(10)14-9-11-8-12(18-2)5-6-13(11)17-14/h3-9,17H,1-2H3. The Kier molecular flexibility index (Phi) is 2.52. The predicted molar refractivity (Wildman–Crippen MR) is 72.8 cm³/mol. The summed E-state index contributed by atoms with van der Waals surface area (Å²) >= 11 is 0. The van der Waals surface area contributed by atoms with Crippen molar-refractivity contribution >= 4 is 10.9 Å². The second-order valence-corrected chi connectivity index (χ2v) is 4.31. The molecule has 0 fully saturated rings. The van der Waals surface area contributed by atoms with Crippen molar-refractivity contribution in [3.63, 3.8) is 0 Å². The summed E-state index contributed by atoms with van der Waals surface area (Å²) in [6.45, 7) is 2.06. The number of hydrogen-bond donors (Lipinski definition) is 1.